The highest BCUT2D eigenvalue weighted by atomic mass is 32.1. The molecule has 3 nitrogen and oxygen atoms in total. The van der Waals surface area contributed by atoms with Crippen LogP contribution in [0.15, 0.2) is 28.3 Å². The minimum absolute atomic E-state index is 0.141. The lowest BCUT2D eigenvalue weighted by molar-refractivity contribution is 0.449. The molecule has 0 aromatic carbocycles. The normalized spacial score (nSPS) is 12.9. The first-order valence-electron chi connectivity index (χ1n) is 5.49. The van der Waals surface area contributed by atoms with Gasteiger partial charge in [0, 0.05) is 0 Å². The minimum Gasteiger partial charge on any atom is -0.467 e. The van der Waals surface area contributed by atoms with Gasteiger partial charge in [0.25, 0.3) is 0 Å². The maximum Gasteiger partial charge on any atom is 0.126 e. The molecule has 0 saturated heterocycles. The summed E-state index contributed by atoms with van der Waals surface area (Å²) in [4.78, 5) is 5.53. The maximum absolute atomic E-state index is 5.49. The molecule has 0 amide bonds. The number of nitrogens with one attached hydrogen (secondary N) is 1. The number of aryl methyl sites for hydroxylation is 1. The molecular formula is C12H16N2OS. The number of nitrogens with zero attached hydrogens (tertiary/aromatic N) is 1. The van der Waals surface area contributed by atoms with Crippen LogP contribution >= 0.6 is 11.3 Å². The fraction of sp³-hybridized carbons (Fsp3) is 0.417. The van der Waals surface area contributed by atoms with E-state index < -0.39 is 0 Å². The third-order valence-electron chi connectivity index (χ3n) is 2.47. The second kappa shape index (κ2) is 5.27. The first-order valence-corrected chi connectivity index (χ1v) is 6.37. The van der Waals surface area contributed by atoms with Gasteiger partial charge in [-0.15, -0.1) is 11.3 Å². The summed E-state index contributed by atoms with van der Waals surface area (Å²) in [5.74, 6) is 0.959. The molecule has 2 heterocycles. The third-order valence-corrected chi connectivity index (χ3v) is 3.47. The summed E-state index contributed by atoms with van der Waals surface area (Å²) in [5, 5.41) is 3.49. The summed E-state index contributed by atoms with van der Waals surface area (Å²) >= 11 is 1.67. The minimum atomic E-state index is 0.141. The Morgan fingerprint density at radius 2 is 2.44 bits per heavy atom. The molecule has 2 rings (SSSR count). The Kier molecular flexibility index (Phi) is 3.74. The van der Waals surface area contributed by atoms with E-state index in [1.165, 1.54) is 4.88 Å². The van der Waals surface area contributed by atoms with Crippen molar-refractivity contribution in [1.29, 1.82) is 0 Å². The van der Waals surface area contributed by atoms with Crippen LogP contribution in [0.1, 0.15) is 35.7 Å². The van der Waals surface area contributed by atoms with Crippen LogP contribution in [0.3, 0.4) is 0 Å². The molecule has 4 heteroatoms. The predicted molar refractivity (Wildman–Crippen MR) is 65.7 cm³/mol. The Labute approximate surface area is 99.5 Å². The monoisotopic (exact) mass is 236 g/mol. The van der Waals surface area contributed by atoms with E-state index in [4.69, 9.17) is 4.42 Å². The van der Waals surface area contributed by atoms with Crippen molar-refractivity contribution in [1.82, 2.24) is 10.3 Å². The molecule has 1 unspecified atom stereocenters. The van der Waals surface area contributed by atoms with E-state index in [1.54, 1.807) is 17.6 Å². The van der Waals surface area contributed by atoms with Crippen LogP contribution < -0.4 is 5.32 Å². The molecule has 0 aliphatic heterocycles. The lowest BCUT2D eigenvalue weighted by atomic mass is 10.1. The van der Waals surface area contributed by atoms with E-state index in [0.29, 0.717) is 0 Å². The Morgan fingerprint density at radius 3 is 3.00 bits per heavy atom. The van der Waals surface area contributed by atoms with Crippen LogP contribution in [-0.4, -0.2) is 11.5 Å². The summed E-state index contributed by atoms with van der Waals surface area (Å²) in [7, 11) is 0. The number of hydrogen-bond acceptors (Lipinski definition) is 4. The Bertz CT molecular complexity index is 422. The zero-order valence-electron chi connectivity index (χ0n) is 9.56. The highest BCUT2D eigenvalue weighted by Gasteiger charge is 2.19. The van der Waals surface area contributed by atoms with Crippen molar-refractivity contribution in [2.45, 2.75) is 26.3 Å². The Hall–Kier alpha value is -1.13. The van der Waals surface area contributed by atoms with Crippen molar-refractivity contribution in [3.05, 3.63) is 40.2 Å². The van der Waals surface area contributed by atoms with Crippen molar-refractivity contribution in [3.8, 4) is 0 Å². The van der Waals surface area contributed by atoms with E-state index in [9.17, 15) is 0 Å². The van der Waals surface area contributed by atoms with Gasteiger partial charge in [-0.25, -0.2) is 4.98 Å². The average molecular weight is 236 g/mol. The van der Waals surface area contributed by atoms with Crippen LogP contribution in [0, 0.1) is 6.92 Å². The summed E-state index contributed by atoms with van der Waals surface area (Å²) in [5.41, 5.74) is 2.96. The summed E-state index contributed by atoms with van der Waals surface area (Å²) in [6.07, 6.45) is 2.82. The SMILES string of the molecule is CCCNC(c1ccco1)c1scnc1C. The molecule has 0 aliphatic carbocycles. The van der Waals surface area contributed by atoms with Gasteiger partial charge in [-0.05, 0) is 32.0 Å². The summed E-state index contributed by atoms with van der Waals surface area (Å²) < 4.78 is 5.49. The average Bonchev–Trinajstić information content (AvgIpc) is 2.91. The van der Waals surface area contributed by atoms with Crippen molar-refractivity contribution in [2.24, 2.45) is 0 Å². The fourth-order valence-electron chi connectivity index (χ4n) is 1.65. The van der Waals surface area contributed by atoms with Crippen molar-refractivity contribution in [2.75, 3.05) is 6.54 Å². The van der Waals surface area contributed by atoms with Crippen molar-refractivity contribution in [3.63, 3.8) is 0 Å². The molecule has 0 radical (unpaired) electrons. The van der Waals surface area contributed by atoms with Crippen LogP contribution in [0.5, 0.6) is 0 Å². The van der Waals surface area contributed by atoms with Gasteiger partial charge in [0.05, 0.1) is 22.3 Å². The van der Waals surface area contributed by atoms with E-state index in [0.717, 1.165) is 24.4 Å². The zero-order valence-corrected chi connectivity index (χ0v) is 10.4. The quantitative estimate of drug-likeness (QED) is 0.866. The van der Waals surface area contributed by atoms with Gasteiger partial charge in [-0.3, -0.25) is 0 Å². The first-order chi connectivity index (χ1) is 7.83. The molecule has 0 fully saturated rings. The number of hydrogen-bond donors (Lipinski definition) is 1. The van der Waals surface area contributed by atoms with Gasteiger partial charge in [0.15, 0.2) is 0 Å². The van der Waals surface area contributed by atoms with E-state index in [-0.39, 0.29) is 6.04 Å². The lowest BCUT2D eigenvalue weighted by Gasteiger charge is -2.15. The molecule has 1 N–H and O–H groups in total. The smallest absolute Gasteiger partial charge is 0.126 e. The molecule has 0 spiro atoms. The molecule has 0 saturated carbocycles. The molecule has 1 atom stereocenters. The molecule has 0 aliphatic rings. The standard InChI is InChI=1S/C12H16N2OS/c1-3-6-13-11(10-5-4-7-15-10)12-9(2)14-8-16-12/h4-5,7-8,11,13H,3,6H2,1-2H3. The summed E-state index contributed by atoms with van der Waals surface area (Å²) in [6, 6.07) is 4.07. The van der Waals surface area contributed by atoms with Crippen LogP contribution in [0.2, 0.25) is 0 Å². The van der Waals surface area contributed by atoms with E-state index in [2.05, 4.69) is 17.2 Å². The van der Waals surface area contributed by atoms with Gasteiger partial charge in [-0.1, -0.05) is 6.92 Å². The van der Waals surface area contributed by atoms with Crippen LogP contribution in [-0.2, 0) is 0 Å². The highest BCUT2D eigenvalue weighted by molar-refractivity contribution is 7.09. The number of thiazole rings is 1. The van der Waals surface area contributed by atoms with E-state index >= 15 is 0 Å². The van der Waals surface area contributed by atoms with Crippen LogP contribution in [0.25, 0.3) is 0 Å². The second-order valence-corrected chi connectivity index (χ2v) is 4.59. The molecule has 16 heavy (non-hydrogen) atoms. The topological polar surface area (TPSA) is 38.1 Å². The van der Waals surface area contributed by atoms with Crippen LogP contribution in [0.4, 0.5) is 0 Å². The van der Waals surface area contributed by atoms with Gasteiger partial charge in [0.1, 0.15) is 11.8 Å². The number of rotatable bonds is 5. The Morgan fingerprint density at radius 1 is 1.56 bits per heavy atom. The lowest BCUT2D eigenvalue weighted by Crippen LogP contribution is -2.22. The van der Waals surface area contributed by atoms with Gasteiger partial charge >= 0.3 is 0 Å². The maximum atomic E-state index is 5.49. The second-order valence-electron chi connectivity index (χ2n) is 3.70. The van der Waals surface area contributed by atoms with Gasteiger partial charge in [-0.2, -0.15) is 0 Å². The van der Waals surface area contributed by atoms with E-state index in [1.807, 2.05) is 24.6 Å². The van der Waals surface area contributed by atoms with Gasteiger partial charge < -0.3 is 9.73 Å². The molecule has 0 bridgehead atoms. The van der Waals surface area contributed by atoms with Gasteiger partial charge in [0.2, 0.25) is 0 Å². The largest absolute Gasteiger partial charge is 0.467 e. The highest BCUT2D eigenvalue weighted by Crippen LogP contribution is 2.28. The number of aromatic nitrogens is 1. The molecule has 2 aromatic rings. The molecule has 86 valence electrons. The Balaban J connectivity index is 2.25. The number of furan rings is 1. The first kappa shape index (κ1) is 11.4. The summed E-state index contributed by atoms with van der Waals surface area (Å²) in [6.45, 7) is 5.17. The van der Waals surface area contributed by atoms with Crippen molar-refractivity contribution >= 4 is 11.3 Å². The fourth-order valence-corrected chi connectivity index (χ4v) is 2.54. The van der Waals surface area contributed by atoms with Crippen molar-refractivity contribution < 1.29 is 4.42 Å². The molecular weight excluding hydrogens is 220 g/mol. The third kappa shape index (κ3) is 2.33. The predicted octanol–water partition coefficient (Wildman–Crippen LogP) is 3.13. The molecule has 2 aromatic heterocycles. The zero-order chi connectivity index (χ0) is 11.4.